The minimum atomic E-state index is 0.392. The van der Waals surface area contributed by atoms with Gasteiger partial charge in [-0.05, 0) is 30.7 Å². The maximum atomic E-state index is 5.93. The van der Waals surface area contributed by atoms with Crippen molar-refractivity contribution in [3.63, 3.8) is 0 Å². The number of aromatic amines is 1. The summed E-state index contributed by atoms with van der Waals surface area (Å²) in [7, 11) is 1.63. The molecule has 2 aromatic heterocycles. The highest BCUT2D eigenvalue weighted by Gasteiger charge is 2.18. The molecule has 0 aliphatic heterocycles. The summed E-state index contributed by atoms with van der Waals surface area (Å²) in [5.41, 5.74) is 9.47. The lowest BCUT2D eigenvalue weighted by molar-refractivity contribution is 0.182. The summed E-state index contributed by atoms with van der Waals surface area (Å²) in [5, 5.41) is 12.4. The highest BCUT2D eigenvalue weighted by Crippen LogP contribution is 2.27. The van der Waals surface area contributed by atoms with Gasteiger partial charge in [-0.25, -0.2) is 4.68 Å². The van der Waals surface area contributed by atoms with E-state index in [1.54, 1.807) is 11.8 Å². The lowest BCUT2D eigenvalue weighted by atomic mass is 10.2. The predicted molar refractivity (Wildman–Crippen MR) is 80.8 cm³/mol. The van der Waals surface area contributed by atoms with Gasteiger partial charge in [0.15, 0.2) is 5.65 Å². The van der Waals surface area contributed by atoms with Crippen molar-refractivity contribution in [1.29, 1.82) is 0 Å². The number of halogens is 1. The monoisotopic (exact) mass is 335 g/mol. The van der Waals surface area contributed by atoms with Crippen LogP contribution in [-0.2, 0) is 11.3 Å². The quantitative estimate of drug-likeness (QED) is 0.770. The summed E-state index contributed by atoms with van der Waals surface area (Å²) in [4.78, 5) is 0. The van der Waals surface area contributed by atoms with E-state index in [2.05, 4.69) is 31.2 Å². The van der Waals surface area contributed by atoms with E-state index >= 15 is 0 Å². The minimum Gasteiger partial charge on any atom is -0.383 e. The molecule has 0 spiro atoms. The maximum Gasteiger partial charge on any atom is 0.186 e. The summed E-state index contributed by atoms with van der Waals surface area (Å²) in [5.74, 6) is 0.507. The lowest BCUT2D eigenvalue weighted by Gasteiger charge is -2.06. The molecule has 3 aromatic rings. The Bertz CT molecular complexity index is 777. The van der Waals surface area contributed by atoms with Crippen LogP contribution in [0.4, 0.5) is 5.82 Å². The summed E-state index contributed by atoms with van der Waals surface area (Å²) in [6.07, 6.45) is 0. The smallest absolute Gasteiger partial charge is 0.186 e. The average molecular weight is 336 g/mol. The fraction of sp³-hybridized carbons (Fsp3) is 0.231. The number of nitrogens with one attached hydrogen (secondary N) is 1. The van der Waals surface area contributed by atoms with Crippen LogP contribution in [0, 0.1) is 6.92 Å². The van der Waals surface area contributed by atoms with Gasteiger partial charge in [0.2, 0.25) is 0 Å². The van der Waals surface area contributed by atoms with Crippen LogP contribution in [0.5, 0.6) is 0 Å². The molecule has 0 saturated heterocycles. The number of nitrogens with zero attached hydrogens (tertiary/aromatic N) is 3. The third-order valence-corrected chi connectivity index (χ3v) is 3.65. The van der Waals surface area contributed by atoms with Gasteiger partial charge in [0, 0.05) is 11.6 Å². The molecule has 6 nitrogen and oxygen atoms in total. The fourth-order valence-electron chi connectivity index (χ4n) is 2.26. The molecule has 2 heterocycles. The van der Waals surface area contributed by atoms with Crippen LogP contribution >= 0.6 is 15.9 Å². The zero-order valence-corrected chi connectivity index (χ0v) is 12.7. The fourth-order valence-corrected chi connectivity index (χ4v) is 2.74. The molecule has 0 unspecified atom stereocenters. The van der Waals surface area contributed by atoms with Crippen LogP contribution in [0.15, 0.2) is 22.7 Å². The van der Waals surface area contributed by atoms with Gasteiger partial charge in [-0.1, -0.05) is 15.9 Å². The summed E-state index contributed by atoms with van der Waals surface area (Å²) in [6.45, 7) is 2.42. The Morgan fingerprint density at radius 2 is 2.25 bits per heavy atom. The second-order valence-corrected chi connectivity index (χ2v) is 5.47. The Labute approximate surface area is 124 Å². The minimum absolute atomic E-state index is 0.392. The Kier molecular flexibility index (Phi) is 3.23. The Balaban J connectivity index is 2.25. The van der Waals surface area contributed by atoms with Crippen molar-refractivity contribution < 1.29 is 4.74 Å². The number of nitrogen functional groups attached to an aromatic ring is 1. The van der Waals surface area contributed by atoms with Gasteiger partial charge in [0.1, 0.15) is 11.5 Å². The number of benzene rings is 1. The lowest BCUT2D eigenvalue weighted by Crippen LogP contribution is -2.01. The number of hydrogen-bond donors (Lipinski definition) is 2. The molecule has 0 saturated carbocycles. The number of H-pyrrole nitrogens is 1. The molecular formula is C13H14BrN5O. The highest BCUT2D eigenvalue weighted by atomic mass is 79.9. The van der Waals surface area contributed by atoms with Crippen molar-refractivity contribution in [2.75, 3.05) is 12.8 Å². The van der Waals surface area contributed by atoms with Crippen molar-refractivity contribution in [3.8, 4) is 5.69 Å². The van der Waals surface area contributed by atoms with E-state index in [0.29, 0.717) is 18.1 Å². The molecule has 1 aromatic carbocycles. The number of fused-ring (bicyclic) bond motifs is 1. The van der Waals surface area contributed by atoms with Crippen molar-refractivity contribution in [2.24, 2.45) is 0 Å². The standard InChI is InChI=1S/C13H14BrN5O/c1-7-5-8(14)3-4-10(7)19-13-11(12(15)16-17-13)9(18-19)6-20-2/h3-5H,6H2,1-2H3,(H3,15,16,17). The van der Waals surface area contributed by atoms with E-state index in [1.807, 2.05) is 25.1 Å². The normalized spacial score (nSPS) is 11.3. The Morgan fingerprint density at radius 1 is 1.45 bits per heavy atom. The molecule has 20 heavy (non-hydrogen) atoms. The van der Waals surface area contributed by atoms with E-state index in [0.717, 1.165) is 26.8 Å². The summed E-state index contributed by atoms with van der Waals surface area (Å²) >= 11 is 3.46. The van der Waals surface area contributed by atoms with Crippen LogP contribution in [0.3, 0.4) is 0 Å². The van der Waals surface area contributed by atoms with E-state index in [9.17, 15) is 0 Å². The van der Waals surface area contributed by atoms with Crippen molar-refractivity contribution in [2.45, 2.75) is 13.5 Å². The largest absolute Gasteiger partial charge is 0.383 e. The molecule has 3 N–H and O–H groups in total. The van der Waals surface area contributed by atoms with Gasteiger partial charge in [0.25, 0.3) is 0 Å². The predicted octanol–water partition coefficient (Wildman–Crippen LogP) is 2.55. The zero-order chi connectivity index (χ0) is 14.3. The van der Waals surface area contributed by atoms with Gasteiger partial charge < -0.3 is 10.5 Å². The number of aryl methyl sites for hydroxylation is 1. The number of nitrogens with two attached hydrogens (primary N) is 1. The number of hydrogen-bond acceptors (Lipinski definition) is 4. The molecule has 0 amide bonds. The van der Waals surface area contributed by atoms with Crippen LogP contribution in [0.25, 0.3) is 16.7 Å². The van der Waals surface area contributed by atoms with E-state index in [4.69, 9.17) is 10.5 Å². The van der Waals surface area contributed by atoms with Crippen LogP contribution in [0.2, 0.25) is 0 Å². The van der Waals surface area contributed by atoms with Gasteiger partial charge >= 0.3 is 0 Å². The number of aromatic nitrogens is 4. The van der Waals surface area contributed by atoms with E-state index in [1.165, 1.54) is 0 Å². The van der Waals surface area contributed by atoms with Crippen LogP contribution in [-0.4, -0.2) is 27.1 Å². The molecule has 0 aliphatic rings. The number of methoxy groups -OCH3 is 1. The second-order valence-electron chi connectivity index (χ2n) is 4.56. The molecule has 0 radical (unpaired) electrons. The van der Waals surface area contributed by atoms with Crippen molar-refractivity contribution in [3.05, 3.63) is 33.9 Å². The van der Waals surface area contributed by atoms with Crippen LogP contribution in [0.1, 0.15) is 11.3 Å². The first-order valence-electron chi connectivity index (χ1n) is 6.08. The van der Waals surface area contributed by atoms with Gasteiger partial charge in [0.05, 0.1) is 17.7 Å². The Hall–Kier alpha value is -1.86. The average Bonchev–Trinajstić information content (AvgIpc) is 2.93. The molecular weight excluding hydrogens is 322 g/mol. The number of ether oxygens (including phenoxy) is 1. The summed E-state index contributed by atoms with van der Waals surface area (Å²) < 4.78 is 8.00. The first-order chi connectivity index (χ1) is 9.61. The molecule has 7 heteroatoms. The van der Waals surface area contributed by atoms with E-state index < -0.39 is 0 Å². The molecule has 0 bridgehead atoms. The maximum absolute atomic E-state index is 5.93. The molecule has 0 atom stereocenters. The molecule has 3 rings (SSSR count). The number of rotatable bonds is 3. The third-order valence-electron chi connectivity index (χ3n) is 3.15. The van der Waals surface area contributed by atoms with Crippen LogP contribution < -0.4 is 5.73 Å². The van der Waals surface area contributed by atoms with Crippen molar-refractivity contribution >= 4 is 32.8 Å². The molecule has 104 valence electrons. The highest BCUT2D eigenvalue weighted by molar-refractivity contribution is 9.10. The van der Waals surface area contributed by atoms with E-state index in [-0.39, 0.29) is 0 Å². The van der Waals surface area contributed by atoms with Gasteiger partial charge in [-0.3, -0.25) is 5.10 Å². The zero-order valence-electron chi connectivity index (χ0n) is 11.1. The first-order valence-corrected chi connectivity index (χ1v) is 6.88. The second kappa shape index (κ2) is 4.92. The third kappa shape index (κ3) is 1.99. The SMILES string of the molecule is COCc1nn(-c2ccc(Br)cc2C)c2n[nH]c(N)c12. The van der Waals surface area contributed by atoms with Gasteiger partial charge in [-0.2, -0.15) is 10.2 Å². The topological polar surface area (TPSA) is 81.8 Å². The number of anilines is 1. The molecule has 0 aliphatic carbocycles. The molecule has 0 fully saturated rings. The first kappa shape index (κ1) is 13.1. The van der Waals surface area contributed by atoms with Gasteiger partial charge in [-0.15, -0.1) is 0 Å². The van der Waals surface area contributed by atoms with Crippen molar-refractivity contribution in [1.82, 2.24) is 20.0 Å². The Morgan fingerprint density at radius 3 is 2.95 bits per heavy atom. The summed E-state index contributed by atoms with van der Waals surface area (Å²) in [6, 6.07) is 6.00.